The molecule has 12 atom stereocenters. The van der Waals surface area contributed by atoms with Crippen molar-refractivity contribution >= 4 is 5.78 Å². The summed E-state index contributed by atoms with van der Waals surface area (Å²) in [4.78, 5) is 13.4. The Morgan fingerprint density at radius 3 is 2.53 bits per heavy atom. The molecule has 2 saturated heterocycles. The van der Waals surface area contributed by atoms with E-state index in [0.717, 1.165) is 38.7 Å². The van der Waals surface area contributed by atoms with E-state index in [0.29, 0.717) is 48.3 Å². The van der Waals surface area contributed by atoms with Gasteiger partial charge in [0.2, 0.25) is 0 Å². The normalized spacial score (nSPS) is 61.8. The second-order valence-corrected chi connectivity index (χ2v) is 13.2. The summed E-state index contributed by atoms with van der Waals surface area (Å²) in [7, 11) is 0. The zero-order valence-electron chi connectivity index (χ0n) is 20.3. The lowest BCUT2D eigenvalue weighted by Crippen LogP contribution is -2.67. The molecule has 9 unspecified atom stereocenters. The van der Waals surface area contributed by atoms with Crippen LogP contribution in [0, 0.1) is 46.3 Å². The highest BCUT2D eigenvalue weighted by Crippen LogP contribution is 2.71. The molecule has 0 aromatic carbocycles. The van der Waals surface area contributed by atoms with Gasteiger partial charge < -0.3 is 19.7 Å². The summed E-state index contributed by atoms with van der Waals surface area (Å²) < 4.78 is 13.2. The number of hydrogen-bond donors (Lipinski definition) is 2. The van der Waals surface area contributed by atoms with Gasteiger partial charge in [-0.2, -0.15) is 0 Å². The second kappa shape index (κ2) is 6.80. The number of carbonyl (C=O) groups is 1. The monoisotopic (exact) mass is 446 g/mol. The first-order valence-corrected chi connectivity index (χ1v) is 13.3. The maximum Gasteiger partial charge on any atom is 0.171 e. The first kappa shape index (κ1) is 22.0. The quantitative estimate of drug-likeness (QED) is 0.586. The number of ketones is 1. The van der Waals surface area contributed by atoms with Crippen molar-refractivity contribution in [1.29, 1.82) is 0 Å². The van der Waals surface area contributed by atoms with Crippen LogP contribution in [-0.4, -0.2) is 46.2 Å². The Kier molecular flexibility index (Phi) is 4.68. The van der Waals surface area contributed by atoms with Gasteiger partial charge in [0, 0.05) is 30.6 Å². The summed E-state index contributed by atoms with van der Waals surface area (Å²) in [6, 6.07) is 0. The zero-order valence-corrected chi connectivity index (χ0v) is 20.3. The number of ether oxygens (including phenoxy) is 2. The molecular weight excluding hydrogens is 404 g/mol. The van der Waals surface area contributed by atoms with Crippen molar-refractivity contribution in [2.75, 3.05) is 6.61 Å². The molecule has 180 valence electrons. The fourth-order valence-electron chi connectivity index (χ4n) is 10.0. The van der Waals surface area contributed by atoms with Gasteiger partial charge in [0.05, 0.1) is 18.8 Å². The lowest BCUT2D eigenvalue weighted by molar-refractivity contribution is -0.273. The third-order valence-electron chi connectivity index (χ3n) is 11.9. The molecule has 0 radical (unpaired) electrons. The van der Waals surface area contributed by atoms with Gasteiger partial charge in [0.15, 0.2) is 11.6 Å². The summed E-state index contributed by atoms with van der Waals surface area (Å²) >= 11 is 0. The molecule has 2 aliphatic heterocycles. The Labute approximate surface area is 192 Å². The van der Waals surface area contributed by atoms with E-state index in [1.807, 2.05) is 0 Å². The number of rotatable bonds is 0. The minimum atomic E-state index is -1.35. The fourth-order valence-corrected chi connectivity index (χ4v) is 10.0. The number of carbonyl (C=O) groups excluding carboxylic acids is 1. The first-order valence-electron chi connectivity index (χ1n) is 13.3. The van der Waals surface area contributed by atoms with Gasteiger partial charge in [-0.05, 0) is 73.5 Å². The molecule has 32 heavy (non-hydrogen) atoms. The van der Waals surface area contributed by atoms with Gasteiger partial charge in [0.25, 0.3) is 0 Å². The summed E-state index contributed by atoms with van der Waals surface area (Å²) in [6.07, 6.45) is 7.21. The van der Waals surface area contributed by atoms with Crippen LogP contribution in [-0.2, 0) is 14.3 Å². The van der Waals surface area contributed by atoms with E-state index in [2.05, 4.69) is 27.7 Å². The van der Waals surface area contributed by atoms with Crippen LogP contribution in [0.5, 0.6) is 0 Å². The topological polar surface area (TPSA) is 76.0 Å². The van der Waals surface area contributed by atoms with Crippen LogP contribution >= 0.6 is 0 Å². The van der Waals surface area contributed by atoms with Crippen molar-refractivity contribution in [3.63, 3.8) is 0 Å². The first-order chi connectivity index (χ1) is 15.0. The van der Waals surface area contributed by atoms with Crippen LogP contribution in [0.15, 0.2) is 0 Å². The third kappa shape index (κ3) is 2.58. The van der Waals surface area contributed by atoms with Gasteiger partial charge in [0.1, 0.15) is 5.60 Å². The maximum absolute atomic E-state index is 13.4. The van der Waals surface area contributed by atoms with Crippen molar-refractivity contribution in [1.82, 2.24) is 0 Å². The molecule has 0 aromatic rings. The highest BCUT2D eigenvalue weighted by molar-refractivity contribution is 5.89. The molecule has 6 rings (SSSR count). The van der Waals surface area contributed by atoms with Crippen LogP contribution in [0.2, 0.25) is 0 Å². The van der Waals surface area contributed by atoms with E-state index < -0.39 is 22.9 Å². The van der Waals surface area contributed by atoms with Gasteiger partial charge in [-0.3, -0.25) is 4.79 Å². The van der Waals surface area contributed by atoms with Crippen LogP contribution in [0.3, 0.4) is 0 Å². The van der Waals surface area contributed by atoms with Crippen molar-refractivity contribution in [2.45, 2.75) is 109 Å². The standard InChI is InChI=1S/C27H42O5/c1-15-5-10-27(31-14-15)16(2)23-21(32-27)12-20-18-11-22(29)26(30)13-17(28)6-9-25(26,4)19(18)7-8-24(20,23)3/h15-21,23,28,30H,5-14H2,1-4H3/t15?,16-,17?,18?,19?,20?,21?,23?,24?,25?,26-,27-/m0/s1. The fraction of sp³-hybridized carbons (Fsp3) is 0.963. The van der Waals surface area contributed by atoms with Crippen LogP contribution in [0.4, 0.5) is 0 Å². The Bertz CT molecular complexity index is 804. The SMILES string of the molecule is CC1CC[C@]2(OC1)OC1CC3C4CC(=O)[C@@]5(O)CC(O)CCC5(C)C4CCC3(C)C1[C@@H]2C. The van der Waals surface area contributed by atoms with E-state index in [9.17, 15) is 15.0 Å². The van der Waals surface area contributed by atoms with Gasteiger partial charge in [-0.1, -0.05) is 27.7 Å². The minimum Gasteiger partial charge on any atom is -0.393 e. The molecule has 0 aromatic heterocycles. The molecule has 0 bridgehead atoms. The Morgan fingerprint density at radius 1 is 1.03 bits per heavy atom. The highest BCUT2D eigenvalue weighted by atomic mass is 16.7. The Hall–Kier alpha value is -0.490. The van der Waals surface area contributed by atoms with Crippen LogP contribution in [0.1, 0.15) is 85.5 Å². The van der Waals surface area contributed by atoms with Crippen LogP contribution < -0.4 is 0 Å². The summed E-state index contributed by atoms with van der Waals surface area (Å²) in [5, 5.41) is 21.8. The highest BCUT2D eigenvalue weighted by Gasteiger charge is 2.72. The average Bonchev–Trinajstić information content (AvgIpc) is 3.18. The number of aliphatic hydroxyl groups excluding tert-OH is 1. The van der Waals surface area contributed by atoms with Crippen LogP contribution in [0.25, 0.3) is 0 Å². The van der Waals surface area contributed by atoms with Crippen molar-refractivity contribution in [2.24, 2.45) is 46.3 Å². The van der Waals surface area contributed by atoms with E-state index in [1.165, 1.54) is 6.42 Å². The predicted molar refractivity (Wildman–Crippen MR) is 120 cm³/mol. The molecule has 2 N–H and O–H groups in total. The minimum absolute atomic E-state index is 0.0173. The third-order valence-corrected chi connectivity index (χ3v) is 11.9. The maximum atomic E-state index is 13.4. The molecule has 4 saturated carbocycles. The molecule has 6 aliphatic rings. The van der Waals surface area contributed by atoms with E-state index in [1.54, 1.807) is 0 Å². The second-order valence-electron chi connectivity index (χ2n) is 13.2. The number of hydrogen-bond acceptors (Lipinski definition) is 5. The molecule has 5 heteroatoms. The van der Waals surface area contributed by atoms with Gasteiger partial charge >= 0.3 is 0 Å². The molecule has 5 nitrogen and oxygen atoms in total. The summed E-state index contributed by atoms with van der Waals surface area (Å²) in [5.41, 5.74) is -1.60. The van der Waals surface area contributed by atoms with Crippen molar-refractivity contribution < 1.29 is 24.5 Å². The van der Waals surface area contributed by atoms with E-state index in [4.69, 9.17) is 9.47 Å². The van der Waals surface area contributed by atoms with E-state index in [-0.39, 0.29) is 23.7 Å². The number of fused-ring (bicyclic) bond motifs is 7. The number of Topliss-reactive ketones (excluding diaryl/α,β-unsaturated/α-hetero) is 1. The summed E-state index contributed by atoms with van der Waals surface area (Å²) in [6.45, 7) is 10.0. The average molecular weight is 447 g/mol. The smallest absolute Gasteiger partial charge is 0.171 e. The molecular formula is C27H42O5. The van der Waals surface area contributed by atoms with Crippen molar-refractivity contribution in [3.8, 4) is 0 Å². The molecule has 2 heterocycles. The molecule has 6 fully saturated rings. The van der Waals surface area contributed by atoms with Gasteiger partial charge in [-0.15, -0.1) is 0 Å². The van der Waals surface area contributed by atoms with Crippen molar-refractivity contribution in [3.05, 3.63) is 0 Å². The number of aliphatic hydroxyl groups is 2. The van der Waals surface area contributed by atoms with E-state index >= 15 is 0 Å². The lowest BCUT2D eigenvalue weighted by atomic mass is 9.42. The predicted octanol–water partition coefficient (Wildman–Crippen LogP) is 4.09. The zero-order chi connectivity index (χ0) is 22.7. The Morgan fingerprint density at radius 2 is 1.81 bits per heavy atom. The lowest BCUT2D eigenvalue weighted by Gasteiger charge is -2.63. The molecule has 0 amide bonds. The Balaban J connectivity index is 1.30. The molecule has 1 spiro atoms. The summed E-state index contributed by atoms with van der Waals surface area (Å²) in [5.74, 6) is 2.20. The largest absolute Gasteiger partial charge is 0.393 e. The van der Waals surface area contributed by atoms with Gasteiger partial charge in [-0.25, -0.2) is 0 Å². The molecule has 4 aliphatic carbocycles.